The normalized spacial score (nSPS) is 10.8. The van der Waals surface area contributed by atoms with E-state index in [2.05, 4.69) is 31.9 Å². The highest BCUT2D eigenvalue weighted by atomic mass is 79.9. The monoisotopic (exact) mass is 320 g/mol. The lowest BCUT2D eigenvalue weighted by Gasteiger charge is -2.07. The van der Waals surface area contributed by atoms with Gasteiger partial charge in [-0.1, -0.05) is 12.2 Å². The van der Waals surface area contributed by atoms with Crippen LogP contribution in [0.25, 0.3) is 0 Å². The van der Waals surface area contributed by atoms with E-state index in [0.29, 0.717) is 16.8 Å². The van der Waals surface area contributed by atoms with Gasteiger partial charge in [0.1, 0.15) is 18.1 Å². The van der Waals surface area contributed by atoms with E-state index in [1.54, 1.807) is 12.1 Å². The summed E-state index contributed by atoms with van der Waals surface area (Å²) in [4.78, 5) is 0. The molecule has 0 saturated heterocycles. The van der Waals surface area contributed by atoms with E-state index >= 15 is 0 Å². The molecule has 0 atom stereocenters. The first-order valence-electron chi connectivity index (χ1n) is 4.07. The molecule has 0 saturated carbocycles. The summed E-state index contributed by atoms with van der Waals surface area (Å²) in [6.45, 7) is 2.46. The third kappa shape index (κ3) is 3.03. The van der Waals surface area contributed by atoms with Crippen molar-refractivity contribution in [3.05, 3.63) is 33.2 Å². The van der Waals surface area contributed by atoms with Crippen molar-refractivity contribution < 1.29 is 9.84 Å². The smallest absolute Gasteiger partial charge is 0.135 e. The van der Waals surface area contributed by atoms with Crippen molar-refractivity contribution in [3.8, 4) is 11.5 Å². The minimum absolute atomic E-state index is 0.190. The molecule has 14 heavy (non-hydrogen) atoms. The van der Waals surface area contributed by atoms with Gasteiger partial charge in [0.2, 0.25) is 0 Å². The zero-order valence-electron chi connectivity index (χ0n) is 7.63. The number of hydrogen-bond acceptors (Lipinski definition) is 2. The minimum atomic E-state index is 0.190. The van der Waals surface area contributed by atoms with Gasteiger partial charge >= 0.3 is 0 Å². The van der Waals surface area contributed by atoms with Crippen LogP contribution in [-0.4, -0.2) is 11.7 Å². The van der Waals surface area contributed by atoms with E-state index in [4.69, 9.17) is 4.74 Å². The average molecular weight is 322 g/mol. The number of allylic oxidation sites excluding steroid dienone is 1. The van der Waals surface area contributed by atoms with E-state index in [0.717, 1.165) is 4.47 Å². The number of ether oxygens (including phenoxy) is 1. The summed E-state index contributed by atoms with van der Waals surface area (Å²) < 4.78 is 6.80. The van der Waals surface area contributed by atoms with E-state index in [9.17, 15) is 5.11 Å². The van der Waals surface area contributed by atoms with Crippen molar-refractivity contribution in [1.29, 1.82) is 0 Å². The van der Waals surface area contributed by atoms with Crippen LogP contribution in [0.2, 0.25) is 0 Å². The molecule has 0 bridgehead atoms. The predicted octanol–water partition coefficient (Wildman–Crippen LogP) is 3.87. The summed E-state index contributed by atoms with van der Waals surface area (Å²) in [7, 11) is 0. The van der Waals surface area contributed by atoms with E-state index in [-0.39, 0.29) is 5.75 Å². The molecule has 1 N–H and O–H groups in total. The lowest BCUT2D eigenvalue weighted by molar-refractivity contribution is 0.359. The van der Waals surface area contributed by atoms with Crippen LogP contribution in [0.3, 0.4) is 0 Å². The van der Waals surface area contributed by atoms with Crippen LogP contribution in [-0.2, 0) is 0 Å². The van der Waals surface area contributed by atoms with Crippen LogP contribution in [0.5, 0.6) is 11.5 Å². The molecule has 0 amide bonds. The highest BCUT2D eigenvalue weighted by Crippen LogP contribution is 2.35. The van der Waals surface area contributed by atoms with Crippen LogP contribution < -0.4 is 4.74 Å². The molecule has 0 aromatic heterocycles. The van der Waals surface area contributed by atoms with Crippen molar-refractivity contribution in [2.75, 3.05) is 6.61 Å². The van der Waals surface area contributed by atoms with Gasteiger partial charge in [-0.15, -0.1) is 0 Å². The van der Waals surface area contributed by atoms with Crippen molar-refractivity contribution in [2.24, 2.45) is 0 Å². The van der Waals surface area contributed by atoms with Gasteiger partial charge in [-0.3, -0.25) is 0 Å². The molecule has 2 nitrogen and oxygen atoms in total. The molecule has 1 aromatic carbocycles. The van der Waals surface area contributed by atoms with Crippen molar-refractivity contribution in [3.63, 3.8) is 0 Å². The number of rotatable bonds is 3. The standard InChI is InChI=1S/C10H10Br2O2/c1-2-3-4-14-10-6-7(11)9(13)5-8(10)12/h2-3,5-6,13H,4H2,1H3/b3-2+. The highest BCUT2D eigenvalue weighted by molar-refractivity contribution is 9.11. The minimum Gasteiger partial charge on any atom is -0.507 e. The van der Waals surface area contributed by atoms with Crippen LogP contribution in [0.4, 0.5) is 0 Å². The quantitative estimate of drug-likeness (QED) is 0.856. The number of halogens is 2. The average Bonchev–Trinajstić information content (AvgIpc) is 2.14. The van der Waals surface area contributed by atoms with Gasteiger partial charge in [-0.05, 0) is 50.9 Å². The third-order valence-corrected chi connectivity index (χ3v) is 2.83. The second-order valence-electron chi connectivity index (χ2n) is 2.61. The van der Waals surface area contributed by atoms with Crippen LogP contribution in [0, 0.1) is 0 Å². The molecular formula is C10H10Br2O2. The first kappa shape index (κ1) is 11.6. The largest absolute Gasteiger partial charge is 0.507 e. The second-order valence-corrected chi connectivity index (χ2v) is 4.32. The summed E-state index contributed by atoms with van der Waals surface area (Å²) >= 11 is 6.52. The maximum Gasteiger partial charge on any atom is 0.135 e. The number of benzene rings is 1. The lowest BCUT2D eigenvalue weighted by Crippen LogP contribution is -1.93. The van der Waals surface area contributed by atoms with Crippen LogP contribution in [0.1, 0.15) is 6.92 Å². The van der Waals surface area contributed by atoms with E-state index in [1.165, 1.54) is 0 Å². The fourth-order valence-corrected chi connectivity index (χ4v) is 1.63. The van der Waals surface area contributed by atoms with Gasteiger partial charge < -0.3 is 9.84 Å². The van der Waals surface area contributed by atoms with Crippen LogP contribution in [0.15, 0.2) is 33.2 Å². The summed E-state index contributed by atoms with van der Waals surface area (Å²) in [5.74, 6) is 0.892. The Hall–Kier alpha value is -0.480. The van der Waals surface area contributed by atoms with E-state index in [1.807, 2.05) is 19.1 Å². The molecular weight excluding hydrogens is 312 g/mol. The second kappa shape index (κ2) is 5.41. The SMILES string of the molecule is C/C=C/COc1cc(Br)c(O)cc1Br. The van der Waals surface area contributed by atoms with Gasteiger partial charge in [-0.2, -0.15) is 0 Å². The molecule has 0 spiro atoms. The molecule has 0 fully saturated rings. The predicted molar refractivity (Wildman–Crippen MR) is 63.8 cm³/mol. The Balaban J connectivity index is 2.81. The number of hydrogen-bond donors (Lipinski definition) is 1. The van der Waals surface area contributed by atoms with Crippen molar-refractivity contribution in [1.82, 2.24) is 0 Å². The Kier molecular flexibility index (Phi) is 4.48. The molecule has 0 aliphatic heterocycles. The fourth-order valence-electron chi connectivity index (χ4n) is 0.863. The van der Waals surface area contributed by atoms with Gasteiger partial charge in [0.25, 0.3) is 0 Å². The van der Waals surface area contributed by atoms with Crippen molar-refractivity contribution in [2.45, 2.75) is 6.92 Å². The molecule has 76 valence electrons. The van der Waals surface area contributed by atoms with Gasteiger partial charge in [-0.25, -0.2) is 0 Å². The fraction of sp³-hybridized carbons (Fsp3) is 0.200. The number of aromatic hydroxyl groups is 1. The first-order valence-corrected chi connectivity index (χ1v) is 5.65. The van der Waals surface area contributed by atoms with Gasteiger partial charge in [0, 0.05) is 0 Å². The Labute approximate surface area is 99.8 Å². The molecule has 0 aliphatic rings. The molecule has 1 aromatic rings. The van der Waals surface area contributed by atoms with Crippen LogP contribution >= 0.6 is 31.9 Å². The third-order valence-electron chi connectivity index (χ3n) is 1.57. The Morgan fingerprint density at radius 2 is 2.07 bits per heavy atom. The summed E-state index contributed by atoms with van der Waals surface area (Å²) in [5.41, 5.74) is 0. The first-order chi connectivity index (χ1) is 6.65. The summed E-state index contributed by atoms with van der Waals surface area (Å²) in [6, 6.07) is 3.32. The molecule has 0 unspecified atom stereocenters. The lowest BCUT2D eigenvalue weighted by atomic mass is 10.3. The zero-order chi connectivity index (χ0) is 10.6. The highest BCUT2D eigenvalue weighted by Gasteiger charge is 2.05. The van der Waals surface area contributed by atoms with Crippen molar-refractivity contribution >= 4 is 31.9 Å². The molecule has 1 rings (SSSR count). The van der Waals surface area contributed by atoms with Gasteiger partial charge in [0.15, 0.2) is 0 Å². The summed E-state index contributed by atoms with van der Waals surface area (Å²) in [5, 5.41) is 9.35. The molecule has 0 aliphatic carbocycles. The zero-order valence-corrected chi connectivity index (χ0v) is 10.8. The molecule has 0 radical (unpaired) electrons. The Morgan fingerprint density at radius 3 is 2.71 bits per heavy atom. The maximum absolute atomic E-state index is 9.35. The topological polar surface area (TPSA) is 29.5 Å². The van der Waals surface area contributed by atoms with Gasteiger partial charge in [0.05, 0.1) is 8.95 Å². The molecule has 4 heteroatoms. The maximum atomic E-state index is 9.35. The molecule has 0 heterocycles. The number of phenolic OH excluding ortho intramolecular Hbond substituents is 1. The Morgan fingerprint density at radius 1 is 1.36 bits per heavy atom. The van der Waals surface area contributed by atoms with E-state index < -0.39 is 0 Å². The Bertz CT molecular complexity index is 348. The summed E-state index contributed by atoms with van der Waals surface area (Å²) in [6.07, 6.45) is 3.83. The number of phenols is 1.